The van der Waals surface area contributed by atoms with Crippen LogP contribution >= 0.6 is 0 Å². The van der Waals surface area contributed by atoms with Crippen molar-refractivity contribution in [1.29, 1.82) is 5.26 Å². The van der Waals surface area contributed by atoms with Crippen LogP contribution in [0.4, 0.5) is 0 Å². The van der Waals surface area contributed by atoms with E-state index >= 15 is 0 Å². The molecule has 0 spiro atoms. The number of aromatic nitrogens is 4. The van der Waals surface area contributed by atoms with Gasteiger partial charge in [0.15, 0.2) is 11.5 Å². The molecule has 0 saturated heterocycles. The number of hydrogen-bond acceptors (Lipinski definition) is 5. The monoisotopic (exact) mass is 334 g/mol. The van der Waals surface area contributed by atoms with Crippen molar-refractivity contribution < 1.29 is 4.79 Å². The highest BCUT2D eigenvalue weighted by Crippen LogP contribution is 2.57. The molecule has 0 aromatic carbocycles. The highest BCUT2D eigenvalue weighted by atomic mass is 16.2. The standard InChI is InChI=1S/C18H18N6O/c19-10-18(3-1-2-4-18)22-17(25)15-13-8-11-7-12(11)16(13)24(23-15)14-9-20-5-6-21-14/h5-6,9,11-12H,1-4,7-8H2,(H,22,25)/t11-,12-/m1/s1. The Labute approximate surface area is 145 Å². The van der Waals surface area contributed by atoms with Crippen molar-refractivity contribution in [3.05, 3.63) is 35.5 Å². The lowest BCUT2D eigenvalue weighted by molar-refractivity contribution is 0.0914. The second kappa shape index (κ2) is 5.12. The molecule has 7 nitrogen and oxygen atoms in total. The maximum absolute atomic E-state index is 12.9. The maximum atomic E-state index is 12.9. The Morgan fingerprint density at radius 2 is 2.20 bits per heavy atom. The van der Waals surface area contributed by atoms with Gasteiger partial charge >= 0.3 is 0 Å². The molecule has 0 unspecified atom stereocenters. The third-order valence-corrected chi connectivity index (χ3v) is 5.77. The zero-order valence-corrected chi connectivity index (χ0v) is 13.8. The van der Waals surface area contributed by atoms with E-state index in [2.05, 4.69) is 26.5 Å². The average molecular weight is 334 g/mol. The first-order valence-corrected chi connectivity index (χ1v) is 8.83. The van der Waals surface area contributed by atoms with E-state index in [1.807, 2.05) is 0 Å². The highest BCUT2D eigenvalue weighted by Gasteiger charge is 2.50. The smallest absolute Gasteiger partial charge is 0.273 e. The van der Waals surface area contributed by atoms with Crippen LogP contribution in [0.1, 0.15) is 59.8 Å². The summed E-state index contributed by atoms with van der Waals surface area (Å²) in [5.41, 5.74) is 1.85. The molecule has 1 N–H and O–H groups in total. The van der Waals surface area contributed by atoms with Crippen LogP contribution in [0.2, 0.25) is 0 Å². The summed E-state index contributed by atoms with van der Waals surface area (Å²) in [4.78, 5) is 21.4. The molecule has 3 aliphatic carbocycles. The first-order chi connectivity index (χ1) is 12.2. The number of nitrogens with one attached hydrogen (secondary N) is 1. The molecule has 126 valence electrons. The molecular formula is C18H18N6O. The summed E-state index contributed by atoms with van der Waals surface area (Å²) in [5.74, 6) is 1.51. The fourth-order valence-electron chi connectivity index (χ4n) is 4.39. The van der Waals surface area contributed by atoms with Gasteiger partial charge in [-0.2, -0.15) is 10.4 Å². The van der Waals surface area contributed by atoms with Crippen LogP contribution in [0.15, 0.2) is 18.6 Å². The topological polar surface area (TPSA) is 96.5 Å². The molecule has 2 heterocycles. The summed E-state index contributed by atoms with van der Waals surface area (Å²) >= 11 is 0. The molecular weight excluding hydrogens is 316 g/mol. The summed E-state index contributed by atoms with van der Waals surface area (Å²) < 4.78 is 1.78. The zero-order valence-electron chi connectivity index (χ0n) is 13.8. The van der Waals surface area contributed by atoms with Gasteiger partial charge in [-0.15, -0.1) is 0 Å². The van der Waals surface area contributed by atoms with Crippen molar-refractivity contribution in [3.8, 4) is 11.9 Å². The zero-order chi connectivity index (χ0) is 17.0. The van der Waals surface area contributed by atoms with Crippen molar-refractivity contribution in [1.82, 2.24) is 25.1 Å². The number of carbonyl (C=O) groups excluding carboxylic acids is 1. The third-order valence-electron chi connectivity index (χ3n) is 5.77. The van der Waals surface area contributed by atoms with Gasteiger partial charge in [-0.25, -0.2) is 9.67 Å². The highest BCUT2D eigenvalue weighted by molar-refractivity contribution is 5.95. The molecule has 2 aromatic heterocycles. The fraction of sp³-hybridized carbons (Fsp3) is 0.500. The van der Waals surface area contributed by atoms with Crippen LogP contribution < -0.4 is 5.32 Å². The number of carbonyl (C=O) groups is 1. The first-order valence-electron chi connectivity index (χ1n) is 8.83. The van der Waals surface area contributed by atoms with Gasteiger partial charge in [-0.1, -0.05) is 0 Å². The first kappa shape index (κ1) is 14.6. The van der Waals surface area contributed by atoms with Crippen LogP contribution in [0.3, 0.4) is 0 Å². The molecule has 25 heavy (non-hydrogen) atoms. The Morgan fingerprint density at radius 3 is 2.92 bits per heavy atom. The van der Waals surface area contributed by atoms with Gasteiger partial charge in [0.05, 0.1) is 18.0 Å². The number of nitrogens with zero attached hydrogens (tertiary/aromatic N) is 5. The van der Waals surface area contributed by atoms with Crippen molar-refractivity contribution in [3.63, 3.8) is 0 Å². The Hall–Kier alpha value is -2.75. The minimum absolute atomic E-state index is 0.233. The van der Waals surface area contributed by atoms with E-state index in [0.29, 0.717) is 36.2 Å². The molecule has 0 aliphatic heterocycles. The van der Waals surface area contributed by atoms with E-state index in [0.717, 1.165) is 36.9 Å². The van der Waals surface area contributed by atoms with Gasteiger partial charge in [0.2, 0.25) is 0 Å². The molecule has 2 atom stereocenters. The van der Waals surface area contributed by atoms with E-state index in [9.17, 15) is 10.1 Å². The van der Waals surface area contributed by atoms with E-state index in [4.69, 9.17) is 0 Å². The van der Waals surface area contributed by atoms with Gasteiger partial charge in [-0.05, 0) is 44.4 Å². The molecule has 2 saturated carbocycles. The van der Waals surface area contributed by atoms with Crippen LogP contribution in [0.25, 0.3) is 5.82 Å². The predicted octanol–water partition coefficient (Wildman–Crippen LogP) is 1.89. The normalized spacial score (nSPS) is 25.1. The lowest BCUT2D eigenvalue weighted by Crippen LogP contribution is -2.45. The second-order valence-corrected chi connectivity index (χ2v) is 7.35. The number of rotatable bonds is 3. The van der Waals surface area contributed by atoms with Crippen LogP contribution in [-0.2, 0) is 6.42 Å². The van der Waals surface area contributed by atoms with E-state index in [1.54, 1.807) is 23.3 Å². The number of hydrogen-bond donors (Lipinski definition) is 1. The summed E-state index contributed by atoms with van der Waals surface area (Å²) in [6.45, 7) is 0. The van der Waals surface area contributed by atoms with E-state index in [1.165, 1.54) is 0 Å². The number of amides is 1. The third kappa shape index (κ3) is 2.17. The summed E-state index contributed by atoms with van der Waals surface area (Å²) in [7, 11) is 0. The van der Waals surface area contributed by atoms with Gasteiger partial charge < -0.3 is 5.32 Å². The number of nitriles is 1. The SMILES string of the molecule is N#CC1(NC(=O)c2nn(-c3cnccn3)c3c2C[C@H]2C[C@@H]32)CCCC1. The van der Waals surface area contributed by atoms with Gasteiger partial charge in [0.1, 0.15) is 5.54 Å². The number of fused-ring (bicyclic) bond motifs is 3. The van der Waals surface area contributed by atoms with Gasteiger partial charge in [-0.3, -0.25) is 9.78 Å². The van der Waals surface area contributed by atoms with Crippen molar-refractivity contribution in [2.24, 2.45) is 5.92 Å². The molecule has 0 radical (unpaired) electrons. The molecule has 5 rings (SSSR count). The molecule has 0 bridgehead atoms. The lowest BCUT2D eigenvalue weighted by Gasteiger charge is -2.21. The second-order valence-electron chi connectivity index (χ2n) is 7.35. The van der Waals surface area contributed by atoms with E-state index < -0.39 is 5.54 Å². The molecule has 7 heteroatoms. The van der Waals surface area contributed by atoms with E-state index in [-0.39, 0.29) is 5.91 Å². The van der Waals surface area contributed by atoms with Crippen molar-refractivity contribution in [2.75, 3.05) is 0 Å². The Balaban J connectivity index is 1.54. The maximum Gasteiger partial charge on any atom is 0.273 e. The average Bonchev–Trinajstić information content (AvgIpc) is 3.01. The summed E-state index contributed by atoms with van der Waals surface area (Å²) in [5, 5.41) is 17.1. The molecule has 1 amide bonds. The van der Waals surface area contributed by atoms with Crippen LogP contribution in [0.5, 0.6) is 0 Å². The fourth-order valence-corrected chi connectivity index (χ4v) is 4.39. The predicted molar refractivity (Wildman–Crippen MR) is 88.0 cm³/mol. The van der Waals surface area contributed by atoms with Gasteiger partial charge in [0, 0.05) is 23.9 Å². The Morgan fingerprint density at radius 1 is 1.36 bits per heavy atom. The van der Waals surface area contributed by atoms with Crippen LogP contribution in [0, 0.1) is 17.2 Å². The molecule has 2 fully saturated rings. The van der Waals surface area contributed by atoms with Crippen molar-refractivity contribution in [2.45, 2.75) is 50.0 Å². The molecule has 2 aromatic rings. The molecule has 3 aliphatic rings. The Bertz CT molecular complexity index is 890. The minimum atomic E-state index is -0.734. The summed E-state index contributed by atoms with van der Waals surface area (Å²) in [6.07, 6.45) is 10.3. The quantitative estimate of drug-likeness (QED) is 0.924. The van der Waals surface area contributed by atoms with Gasteiger partial charge in [0.25, 0.3) is 5.91 Å². The summed E-state index contributed by atoms with van der Waals surface area (Å²) in [6, 6.07) is 2.31. The largest absolute Gasteiger partial charge is 0.332 e. The Kier molecular flexibility index (Phi) is 2.99. The van der Waals surface area contributed by atoms with Crippen molar-refractivity contribution >= 4 is 5.91 Å². The minimum Gasteiger partial charge on any atom is -0.332 e. The lowest BCUT2D eigenvalue weighted by atomic mass is 9.99. The van der Waals surface area contributed by atoms with Crippen LogP contribution in [-0.4, -0.2) is 31.2 Å².